The van der Waals surface area contributed by atoms with Crippen LogP contribution >= 0.6 is 35.0 Å². The van der Waals surface area contributed by atoms with Crippen LogP contribution in [0.3, 0.4) is 0 Å². The smallest absolute Gasteiger partial charge is 0.124 e. The van der Waals surface area contributed by atoms with Crippen molar-refractivity contribution in [3.05, 3.63) is 46.6 Å². The molecule has 0 spiro atoms. The Bertz CT molecular complexity index is 517. The van der Waals surface area contributed by atoms with E-state index >= 15 is 0 Å². The molecule has 0 saturated carbocycles. The van der Waals surface area contributed by atoms with Crippen LogP contribution in [0, 0.1) is 0 Å². The number of aromatic nitrogens is 1. The van der Waals surface area contributed by atoms with E-state index in [-0.39, 0.29) is 0 Å². The Hall–Kier alpha value is -0.900. The summed E-state index contributed by atoms with van der Waals surface area (Å²) in [5.41, 5.74) is 6.36. The van der Waals surface area contributed by atoms with Gasteiger partial charge in [-0.2, -0.15) is 0 Å². The second-order valence-electron chi connectivity index (χ2n) is 3.08. The van der Waals surface area contributed by atoms with E-state index in [1.54, 1.807) is 12.3 Å². The van der Waals surface area contributed by atoms with Crippen molar-refractivity contribution in [3.8, 4) is 0 Å². The summed E-state index contributed by atoms with van der Waals surface area (Å²) in [6, 6.07) is 9.22. The van der Waals surface area contributed by atoms with Gasteiger partial charge in [-0.3, -0.25) is 0 Å². The molecule has 2 N–H and O–H groups in total. The van der Waals surface area contributed by atoms with Crippen LogP contribution in [0.5, 0.6) is 0 Å². The minimum atomic E-state index is 0.529. The number of hydrogen-bond donors (Lipinski definition) is 1. The molecule has 16 heavy (non-hydrogen) atoms. The van der Waals surface area contributed by atoms with Gasteiger partial charge >= 0.3 is 0 Å². The highest BCUT2D eigenvalue weighted by Gasteiger charge is 2.06. The number of nitrogens with two attached hydrogens (primary N) is 1. The van der Waals surface area contributed by atoms with Crippen LogP contribution in [0.4, 0.5) is 5.69 Å². The molecule has 0 saturated heterocycles. The average Bonchev–Trinajstić information content (AvgIpc) is 2.25. The van der Waals surface area contributed by atoms with E-state index in [0.717, 1.165) is 4.90 Å². The lowest BCUT2D eigenvalue weighted by atomic mass is 10.4. The fourth-order valence-electron chi connectivity index (χ4n) is 1.16. The molecule has 0 unspecified atom stereocenters. The van der Waals surface area contributed by atoms with Gasteiger partial charge in [-0.15, -0.1) is 0 Å². The highest BCUT2D eigenvalue weighted by atomic mass is 35.5. The van der Waals surface area contributed by atoms with Crippen LogP contribution in [0.2, 0.25) is 10.0 Å². The summed E-state index contributed by atoms with van der Waals surface area (Å²) in [7, 11) is 0. The van der Waals surface area contributed by atoms with Gasteiger partial charge in [0.2, 0.25) is 0 Å². The van der Waals surface area contributed by atoms with Crippen molar-refractivity contribution in [1.82, 2.24) is 4.98 Å². The van der Waals surface area contributed by atoms with Gasteiger partial charge in [0, 0.05) is 11.1 Å². The summed E-state index contributed by atoms with van der Waals surface area (Å²) < 4.78 is 0. The van der Waals surface area contributed by atoms with Gasteiger partial charge in [0.25, 0.3) is 0 Å². The number of hydrogen-bond acceptors (Lipinski definition) is 3. The van der Waals surface area contributed by atoms with Gasteiger partial charge in [-0.25, -0.2) is 4.98 Å². The molecule has 5 heteroatoms. The molecule has 1 aromatic carbocycles. The SMILES string of the molecule is Nc1cc(Cl)cnc1Sc1ccccc1Cl. The highest BCUT2D eigenvalue weighted by molar-refractivity contribution is 7.99. The summed E-state index contributed by atoms with van der Waals surface area (Å²) in [4.78, 5) is 5.08. The van der Waals surface area contributed by atoms with Crippen molar-refractivity contribution in [1.29, 1.82) is 0 Å². The Morgan fingerprint density at radius 2 is 1.94 bits per heavy atom. The Kier molecular flexibility index (Phi) is 3.59. The first-order valence-corrected chi connectivity index (χ1v) is 6.07. The maximum atomic E-state index is 6.04. The number of anilines is 1. The molecule has 0 bridgehead atoms. The van der Waals surface area contributed by atoms with Crippen LogP contribution in [0.15, 0.2) is 46.5 Å². The summed E-state index contributed by atoms with van der Waals surface area (Å²) in [6.45, 7) is 0. The summed E-state index contributed by atoms with van der Waals surface area (Å²) in [6.07, 6.45) is 1.57. The zero-order chi connectivity index (χ0) is 11.5. The quantitative estimate of drug-likeness (QED) is 0.892. The number of halogens is 2. The minimum Gasteiger partial charge on any atom is -0.396 e. The predicted octanol–water partition coefficient (Wildman–Crippen LogP) is 4.12. The van der Waals surface area contributed by atoms with Crippen molar-refractivity contribution in [2.24, 2.45) is 0 Å². The molecule has 0 aliphatic rings. The molecule has 2 aromatic rings. The molecule has 0 fully saturated rings. The molecule has 0 radical (unpaired) electrons. The van der Waals surface area contributed by atoms with E-state index in [1.165, 1.54) is 11.8 Å². The normalized spacial score (nSPS) is 10.4. The largest absolute Gasteiger partial charge is 0.396 e. The van der Waals surface area contributed by atoms with Crippen LogP contribution < -0.4 is 5.73 Å². The van der Waals surface area contributed by atoms with Crippen LogP contribution in [-0.2, 0) is 0 Å². The van der Waals surface area contributed by atoms with Gasteiger partial charge < -0.3 is 5.73 Å². The van der Waals surface area contributed by atoms with Crippen LogP contribution in [-0.4, -0.2) is 4.98 Å². The summed E-state index contributed by atoms with van der Waals surface area (Å²) >= 11 is 13.2. The standard InChI is InChI=1S/C11H8Cl2N2S/c12-7-5-9(14)11(15-6-7)16-10-4-2-1-3-8(10)13/h1-6H,14H2. The third kappa shape index (κ3) is 2.61. The molecule has 2 rings (SSSR count). The van der Waals surface area contributed by atoms with Crippen LogP contribution in [0.25, 0.3) is 0 Å². The zero-order valence-electron chi connectivity index (χ0n) is 8.15. The monoisotopic (exact) mass is 270 g/mol. The molecule has 82 valence electrons. The van der Waals surface area contributed by atoms with Crippen molar-refractivity contribution in [2.45, 2.75) is 9.92 Å². The minimum absolute atomic E-state index is 0.529. The number of rotatable bonds is 2. The van der Waals surface area contributed by atoms with E-state index < -0.39 is 0 Å². The van der Waals surface area contributed by atoms with E-state index in [2.05, 4.69) is 4.98 Å². The Labute approximate surface area is 108 Å². The molecule has 0 amide bonds. The fraction of sp³-hybridized carbons (Fsp3) is 0. The zero-order valence-corrected chi connectivity index (χ0v) is 10.5. The van der Waals surface area contributed by atoms with E-state index in [0.29, 0.717) is 20.8 Å². The number of nitrogen functional groups attached to an aromatic ring is 1. The number of nitrogens with zero attached hydrogens (tertiary/aromatic N) is 1. The molecule has 1 heterocycles. The third-order valence-electron chi connectivity index (χ3n) is 1.89. The number of pyridine rings is 1. The number of benzene rings is 1. The first kappa shape index (κ1) is 11.6. The Balaban J connectivity index is 2.31. The van der Waals surface area contributed by atoms with Gasteiger partial charge in [-0.1, -0.05) is 47.1 Å². The average molecular weight is 271 g/mol. The van der Waals surface area contributed by atoms with Crippen molar-refractivity contribution >= 4 is 40.7 Å². The molecular formula is C11H8Cl2N2S. The Morgan fingerprint density at radius 3 is 2.62 bits per heavy atom. The highest BCUT2D eigenvalue weighted by Crippen LogP contribution is 2.35. The lowest BCUT2D eigenvalue weighted by Gasteiger charge is -2.05. The predicted molar refractivity (Wildman–Crippen MR) is 69.2 cm³/mol. The first-order chi connectivity index (χ1) is 7.66. The van der Waals surface area contributed by atoms with E-state index in [9.17, 15) is 0 Å². The van der Waals surface area contributed by atoms with E-state index in [1.807, 2.05) is 24.3 Å². The van der Waals surface area contributed by atoms with Gasteiger partial charge in [-0.05, 0) is 18.2 Å². The van der Waals surface area contributed by atoms with Gasteiger partial charge in [0.15, 0.2) is 0 Å². The third-order valence-corrected chi connectivity index (χ3v) is 3.65. The lowest BCUT2D eigenvalue weighted by Crippen LogP contribution is -1.91. The topological polar surface area (TPSA) is 38.9 Å². The summed E-state index contributed by atoms with van der Waals surface area (Å²) in [5.74, 6) is 0. The molecule has 0 atom stereocenters. The second-order valence-corrected chi connectivity index (χ2v) is 4.95. The van der Waals surface area contributed by atoms with E-state index in [4.69, 9.17) is 28.9 Å². The molecule has 2 nitrogen and oxygen atoms in total. The van der Waals surface area contributed by atoms with Crippen molar-refractivity contribution < 1.29 is 0 Å². The fourth-order valence-corrected chi connectivity index (χ4v) is 2.38. The summed E-state index contributed by atoms with van der Waals surface area (Å²) in [5, 5.41) is 1.92. The molecular weight excluding hydrogens is 263 g/mol. The van der Waals surface area contributed by atoms with Crippen molar-refractivity contribution in [3.63, 3.8) is 0 Å². The van der Waals surface area contributed by atoms with Crippen LogP contribution in [0.1, 0.15) is 0 Å². The second kappa shape index (κ2) is 4.95. The maximum Gasteiger partial charge on any atom is 0.124 e. The van der Waals surface area contributed by atoms with Gasteiger partial charge in [0.05, 0.1) is 15.7 Å². The maximum absolute atomic E-state index is 6.04. The molecule has 1 aromatic heterocycles. The Morgan fingerprint density at radius 1 is 1.19 bits per heavy atom. The first-order valence-electron chi connectivity index (χ1n) is 4.50. The van der Waals surface area contributed by atoms with Crippen molar-refractivity contribution in [2.75, 3.05) is 5.73 Å². The molecule has 0 aliphatic heterocycles. The molecule has 0 aliphatic carbocycles. The lowest BCUT2D eigenvalue weighted by molar-refractivity contribution is 1.14. The van der Waals surface area contributed by atoms with Gasteiger partial charge in [0.1, 0.15) is 5.03 Å².